The van der Waals surface area contributed by atoms with E-state index in [2.05, 4.69) is 10.1 Å². The molecule has 0 aromatic heterocycles. The molecular formula is C18H29NO6. The van der Waals surface area contributed by atoms with E-state index in [1.54, 1.807) is 6.92 Å². The van der Waals surface area contributed by atoms with E-state index in [0.717, 1.165) is 37.8 Å². The van der Waals surface area contributed by atoms with Gasteiger partial charge >= 0.3 is 18.0 Å². The molecule has 0 heterocycles. The normalized spacial score (nSPS) is 16.5. The van der Waals surface area contributed by atoms with E-state index in [1.165, 1.54) is 6.42 Å². The van der Waals surface area contributed by atoms with Crippen LogP contribution in [0.5, 0.6) is 0 Å². The van der Waals surface area contributed by atoms with Crippen LogP contribution < -0.4 is 5.32 Å². The van der Waals surface area contributed by atoms with Gasteiger partial charge < -0.3 is 19.5 Å². The summed E-state index contributed by atoms with van der Waals surface area (Å²) in [5, 5.41) is 2.75. The molecule has 7 nitrogen and oxygen atoms in total. The first-order valence-corrected chi connectivity index (χ1v) is 8.91. The summed E-state index contributed by atoms with van der Waals surface area (Å²) >= 11 is 0. The van der Waals surface area contributed by atoms with Gasteiger partial charge in [-0.2, -0.15) is 0 Å². The van der Waals surface area contributed by atoms with Gasteiger partial charge in [-0.05, 0) is 38.5 Å². The van der Waals surface area contributed by atoms with Crippen LogP contribution in [0.3, 0.4) is 0 Å². The summed E-state index contributed by atoms with van der Waals surface area (Å²) in [4.78, 5) is 34.8. The zero-order valence-corrected chi connectivity index (χ0v) is 15.3. The van der Waals surface area contributed by atoms with Crippen molar-refractivity contribution < 1.29 is 28.6 Å². The van der Waals surface area contributed by atoms with E-state index < -0.39 is 18.0 Å². The predicted octanol–water partition coefficient (Wildman–Crippen LogP) is 2.73. The maximum absolute atomic E-state index is 12.0. The van der Waals surface area contributed by atoms with E-state index in [4.69, 9.17) is 9.47 Å². The Morgan fingerprint density at radius 3 is 2.20 bits per heavy atom. The number of nitrogens with one attached hydrogen (secondary N) is 1. The molecule has 1 atom stereocenters. The van der Waals surface area contributed by atoms with Gasteiger partial charge in [-0.3, -0.25) is 0 Å². The molecule has 0 aliphatic heterocycles. The molecule has 0 aromatic carbocycles. The number of alkyl carbamates (subject to hydrolysis) is 1. The highest BCUT2D eigenvalue weighted by Gasteiger charge is 2.22. The van der Waals surface area contributed by atoms with E-state index in [9.17, 15) is 14.4 Å². The minimum Gasteiger partial charge on any atom is -0.463 e. The van der Waals surface area contributed by atoms with E-state index in [0.29, 0.717) is 0 Å². The van der Waals surface area contributed by atoms with Crippen molar-refractivity contribution in [1.82, 2.24) is 5.32 Å². The largest absolute Gasteiger partial charge is 0.463 e. The Balaban J connectivity index is 2.38. The van der Waals surface area contributed by atoms with E-state index in [-0.39, 0.29) is 31.3 Å². The maximum atomic E-state index is 12.0. The molecule has 1 N–H and O–H groups in total. The number of rotatable bonds is 8. The highest BCUT2D eigenvalue weighted by atomic mass is 16.6. The zero-order valence-electron chi connectivity index (χ0n) is 15.3. The molecule has 1 rings (SSSR count). The number of carbonyl (C=O) groups excluding carboxylic acids is 3. The van der Waals surface area contributed by atoms with Crippen molar-refractivity contribution in [1.29, 1.82) is 0 Å². The first-order valence-electron chi connectivity index (χ1n) is 8.91. The number of ether oxygens (including phenoxy) is 3. The van der Waals surface area contributed by atoms with Crippen molar-refractivity contribution in [3.8, 4) is 0 Å². The molecule has 0 spiro atoms. The maximum Gasteiger partial charge on any atom is 0.407 e. The number of esters is 2. The van der Waals surface area contributed by atoms with Crippen molar-refractivity contribution in [3.63, 3.8) is 0 Å². The smallest absolute Gasteiger partial charge is 0.407 e. The summed E-state index contributed by atoms with van der Waals surface area (Å²) in [6.07, 6.45) is 6.65. The van der Waals surface area contributed by atoms with Gasteiger partial charge in [0.1, 0.15) is 12.7 Å². The lowest BCUT2D eigenvalue weighted by Gasteiger charge is -2.25. The summed E-state index contributed by atoms with van der Waals surface area (Å²) in [6.45, 7) is 5.74. The quantitative estimate of drug-likeness (QED) is 0.409. The van der Waals surface area contributed by atoms with Gasteiger partial charge in [0.05, 0.1) is 12.6 Å². The van der Waals surface area contributed by atoms with Gasteiger partial charge in [0, 0.05) is 12.2 Å². The second kappa shape index (κ2) is 11.5. The molecule has 0 aromatic rings. The van der Waals surface area contributed by atoms with Gasteiger partial charge in [-0.25, -0.2) is 14.4 Å². The lowest BCUT2D eigenvalue weighted by Crippen LogP contribution is -2.43. The lowest BCUT2D eigenvalue weighted by atomic mass is 9.98. The molecular weight excluding hydrogens is 326 g/mol. The van der Waals surface area contributed by atoms with Crippen LogP contribution in [0.4, 0.5) is 4.79 Å². The highest BCUT2D eigenvalue weighted by molar-refractivity contribution is 5.91. The van der Waals surface area contributed by atoms with Crippen LogP contribution in [0, 0.1) is 5.92 Å². The fourth-order valence-electron chi connectivity index (χ4n) is 2.47. The van der Waals surface area contributed by atoms with Crippen LogP contribution in [0.25, 0.3) is 0 Å². The predicted molar refractivity (Wildman–Crippen MR) is 91.8 cm³/mol. The van der Waals surface area contributed by atoms with Crippen molar-refractivity contribution in [2.24, 2.45) is 5.92 Å². The van der Waals surface area contributed by atoms with Crippen LogP contribution in [-0.2, 0) is 23.8 Å². The Bertz CT molecular complexity index is 468. The molecule has 1 amide bonds. The van der Waals surface area contributed by atoms with Crippen LogP contribution in [-0.4, -0.2) is 43.4 Å². The third-order valence-electron chi connectivity index (χ3n) is 3.98. The van der Waals surface area contributed by atoms with E-state index in [1.807, 2.05) is 13.8 Å². The minimum absolute atomic E-state index is 0.00340. The summed E-state index contributed by atoms with van der Waals surface area (Å²) < 4.78 is 15.2. The standard InChI is InChI=1S/C18H29NO6/c1-4-23-16(20)10-11-17(21)24-12-15(13(2)3)19-18(22)25-14-8-6-5-7-9-14/h10-11,13-15H,4-9,12H2,1-3H3,(H,19,22)/b11-10+/t15-/m1/s1. The van der Waals surface area contributed by atoms with Crippen LogP contribution in [0.1, 0.15) is 52.9 Å². The molecule has 25 heavy (non-hydrogen) atoms. The van der Waals surface area contributed by atoms with Crippen LogP contribution >= 0.6 is 0 Å². The van der Waals surface area contributed by atoms with E-state index >= 15 is 0 Å². The fraction of sp³-hybridized carbons (Fsp3) is 0.722. The summed E-state index contributed by atoms with van der Waals surface area (Å²) in [5.74, 6) is -1.21. The summed E-state index contributed by atoms with van der Waals surface area (Å²) in [5.41, 5.74) is 0. The molecule has 1 fully saturated rings. The molecule has 1 aliphatic carbocycles. The molecule has 0 radical (unpaired) electrons. The fourth-order valence-corrected chi connectivity index (χ4v) is 2.47. The highest BCUT2D eigenvalue weighted by Crippen LogP contribution is 2.20. The molecule has 1 saturated carbocycles. The first kappa shape index (κ1) is 21.0. The van der Waals surface area contributed by atoms with Gasteiger partial charge in [0.2, 0.25) is 0 Å². The third kappa shape index (κ3) is 9.12. The van der Waals surface area contributed by atoms with Gasteiger partial charge in [0.15, 0.2) is 0 Å². The second-order valence-corrected chi connectivity index (χ2v) is 6.38. The Morgan fingerprint density at radius 2 is 1.64 bits per heavy atom. The average Bonchev–Trinajstić information content (AvgIpc) is 2.57. The lowest BCUT2D eigenvalue weighted by molar-refractivity contribution is -0.140. The first-order chi connectivity index (χ1) is 11.9. The molecule has 1 aliphatic rings. The molecule has 7 heteroatoms. The van der Waals surface area contributed by atoms with Gasteiger partial charge in [-0.1, -0.05) is 20.3 Å². The van der Waals surface area contributed by atoms with Crippen molar-refractivity contribution in [2.45, 2.75) is 65.0 Å². The number of amides is 1. The third-order valence-corrected chi connectivity index (χ3v) is 3.98. The summed E-state index contributed by atoms with van der Waals surface area (Å²) in [7, 11) is 0. The second-order valence-electron chi connectivity index (χ2n) is 6.38. The van der Waals surface area contributed by atoms with Crippen molar-refractivity contribution in [3.05, 3.63) is 12.2 Å². The Kier molecular flexibility index (Phi) is 9.65. The van der Waals surface area contributed by atoms with Crippen LogP contribution in [0.15, 0.2) is 12.2 Å². The Labute approximate surface area is 149 Å². The summed E-state index contributed by atoms with van der Waals surface area (Å²) in [6, 6.07) is -0.365. The Hall–Kier alpha value is -2.05. The minimum atomic E-state index is -0.666. The number of hydrogen-bond acceptors (Lipinski definition) is 6. The van der Waals surface area contributed by atoms with Crippen molar-refractivity contribution >= 4 is 18.0 Å². The SMILES string of the molecule is CCOC(=O)/C=C/C(=O)OC[C@@H](NC(=O)OC1CCCCC1)C(C)C. The molecule has 0 unspecified atom stereocenters. The topological polar surface area (TPSA) is 90.9 Å². The van der Waals surface area contributed by atoms with Gasteiger partial charge in [0.25, 0.3) is 0 Å². The zero-order chi connectivity index (χ0) is 18.7. The molecule has 142 valence electrons. The average molecular weight is 355 g/mol. The molecule has 0 saturated heterocycles. The van der Waals surface area contributed by atoms with Gasteiger partial charge in [-0.15, -0.1) is 0 Å². The van der Waals surface area contributed by atoms with Crippen LogP contribution in [0.2, 0.25) is 0 Å². The monoisotopic (exact) mass is 355 g/mol. The Morgan fingerprint density at radius 1 is 1.04 bits per heavy atom. The van der Waals surface area contributed by atoms with Crippen molar-refractivity contribution in [2.75, 3.05) is 13.2 Å². The molecule has 0 bridgehead atoms. The number of hydrogen-bond donors (Lipinski definition) is 1. The number of carbonyl (C=O) groups is 3.